The Morgan fingerprint density at radius 1 is 1.45 bits per heavy atom. The largest absolute Gasteiger partial charge is 0.399 e. The van der Waals surface area contributed by atoms with Crippen molar-refractivity contribution in [2.24, 2.45) is 0 Å². The van der Waals surface area contributed by atoms with Gasteiger partial charge in [-0.1, -0.05) is 0 Å². The predicted octanol–water partition coefficient (Wildman–Crippen LogP) is 0.711. The number of nitrogens with zero attached hydrogens (tertiary/aromatic N) is 1. The molecule has 2 aromatic rings. The van der Waals surface area contributed by atoms with Crippen molar-refractivity contribution in [3.8, 4) is 0 Å². The first-order chi connectivity index (χ1) is 9.58. The SMILES string of the molecule is CC1C(=O)NCCN1C(=O)c1c[nH]c2ccc(N)cc12. The van der Waals surface area contributed by atoms with Gasteiger partial charge >= 0.3 is 0 Å². The zero-order valence-corrected chi connectivity index (χ0v) is 11.1. The van der Waals surface area contributed by atoms with Gasteiger partial charge in [0.1, 0.15) is 6.04 Å². The summed E-state index contributed by atoms with van der Waals surface area (Å²) >= 11 is 0. The van der Waals surface area contributed by atoms with E-state index in [9.17, 15) is 9.59 Å². The van der Waals surface area contributed by atoms with Crippen LogP contribution in [-0.2, 0) is 4.79 Å². The van der Waals surface area contributed by atoms with Crippen LogP contribution >= 0.6 is 0 Å². The maximum Gasteiger partial charge on any atom is 0.256 e. The van der Waals surface area contributed by atoms with E-state index in [1.165, 1.54) is 0 Å². The molecule has 1 aliphatic rings. The third-order valence-electron chi connectivity index (χ3n) is 3.70. The molecule has 2 amide bonds. The summed E-state index contributed by atoms with van der Waals surface area (Å²) in [5.41, 5.74) is 7.79. The Kier molecular flexibility index (Phi) is 2.85. The number of aromatic amines is 1. The summed E-state index contributed by atoms with van der Waals surface area (Å²) in [4.78, 5) is 28.9. The number of rotatable bonds is 1. The number of anilines is 1. The number of fused-ring (bicyclic) bond motifs is 1. The second-order valence-corrected chi connectivity index (χ2v) is 4.97. The van der Waals surface area contributed by atoms with Crippen LogP contribution in [0.2, 0.25) is 0 Å². The molecule has 0 aliphatic carbocycles. The van der Waals surface area contributed by atoms with E-state index in [4.69, 9.17) is 5.73 Å². The fourth-order valence-corrected chi connectivity index (χ4v) is 2.53. The highest BCUT2D eigenvalue weighted by molar-refractivity contribution is 6.08. The van der Waals surface area contributed by atoms with Gasteiger partial charge in [0, 0.05) is 35.9 Å². The van der Waals surface area contributed by atoms with Crippen molar-refractivity contribution in [2.45, 2.75) is 13.0 Å². The fraction of sp³-hybridized carbons (Fsp3) is 0.286. The quantitative estimate of drug-likeness (QED) is 0.668. The molecular formula is C14H16N4O2. The molecule has 1 atom stereocenters. The van der Waals surface area contributed by atoms with Gasteiger partial charge in [0.15, 0.2) is 0 Å². The lowest BCUT2D eigenvalue weighted by Crippen LogP contribution is -2.55. The van der Waals surface area contributed by atoms with E-state index in [1.54, 1.807) is 30.2 Å². The molecule has 104 valence electrons. The number of carbonyl (C=O) groups is 2. The van der Waals surface area contributed by atoms with Crippen molar-refractivity contribution in [1.82, 2.24) is 15.2 Å². The van der Waals surface area contributed by atoms with Crippen LogP contribution in [0.5, 0.6) is 0 Å². The first kappa shape index (κ1) is 12.5. The number of hydrogen-bond donors (Lipinski definition) is 3. The van der Waals surface area contributed by atoms with Crippen LogP contribution in [-0.4, -0.2) is 40.8 Å². The first-order valence-electron chi connectivity index (χ1n) is 6.53. The Balaban J connectivity index is 2.00. The third kappa shape index (κ3) is 1.89. The highest BCUT2D eigenvalue weighted by atomic mass is 16.2. The number of piperazine rings is 1. The van der Waals surface area contributed by atoms with Gasteiger partial charge in [-0.15, -0.1) is 0 Å². The van der Waals surface area contributed by atoms with Gasteiger partial charge < -0.3 is 20.9 Å². The van der Waals surface area contributed by atoms with Crippen LogP contribution in [0.25, 0.3) is 10.9 Å². The van der Waals surface area contributed by atoms with Gasteiger partial charge in [-0.3, -0.25) is 9.59 Å². The molecule has 1 aromatic carbocycles. The van der Waals surface area contributed by atoms with Crippen molar-refractivity contribution in [1.29, 1.82) is 0 Å². The van der Waals surface area contributed by atoms with Crippen LogP contribution in [0.1, 0.15) is 17.3 Å². The van der Waals surface area contributed by atoms with E-state index in [-0.39, 0.29) is 11.8 Å². The third-order valence-corrected chi connectivity index (χ3v) is 3.70. The molecule has 0 bridgehead atoms. The number of amides is 2. The summed E-state index contributed by atoms with van der Waals surface area (Å²) in [5.74, 6) is -0.270. The second-order valence-electron chi connectivity index (χ2n) is 4.97. The number of carbonyl (C=O) groups excluding carboxylic acids is 2. The Morgan fingerprint density at radius 3 is 3.05 bits per heavy atom. The van der Waals surface area contributed by atoms with Gasteiger partial charge in [0.2, 0.25) is 5.91 Å². The van der Waals surface area contributed by atoms with Gasteiger partial charge in [0.05, 0.1) is 5.56 Å². The maximum absolute atomic E-state index is 12.6. The van der Waals surface area contributed by atoms with E-state index in [1.807, 2.05) is 6.07 Å². The van der Waals surface area contributed by atoms with E-state index in [0.717, 1.165) is 10.9 Å². The standard InChI is InChI=1S/C14H16N4O2/c1-8-13(19)16-4-5-18(8)14(20)11-7-17-12-3-2-9(15)6-10(11)12/h2-3,6-8,17H,4-5,15H2,1H3,(H,16,19). The molecule has 1 unspecified atom stereocenters. The molecular weight excluding hydrogens is 256 g/mol. The van der Waals surface area contributed by atoms with Crippen molar-refractivity contribution < 1.29 is 9.59 Å². The number of nitrogens with two attached hydrogens (primary N) is 1. The van der Waals surface area contributed by atoms with Crippen LogP contribution in [0.15, 0.2) is 24.4 Å². The normalized spacial score (nSPS) is 19.1. The molecule has 3 rings (SSSR count). The summed E-state index contributed by atoms with van der Waals surface area (Å²) in [5, 5.41) is 3.53. The Labute approximate surface area is 115 Å². The minimum absolute atomic E-state index is 0.121. The lowest BCUT2D eigenvalue weighted by molar-refractivity contribution is -0.127. The summed E-state index contributed by atoms with van der Waals surface area (Å²) in [6, 6.07) is 4.94. The van der Waals surface area contributed by atoms with Crippen molar-refractivity contribution in [2.75, 3.05) is 18.8 Å². The van der Waals surface area contributed by atoms with E-state index >= 15 is 0 Å². The highest BCUT2D eigenvalue weighted by Gasteiger charge is 2.30. The van der Waals surface area contributed by atoms with Crippen LogP contribution in [0.4, 0.5) is 5.69 Å². The number of nitrogens with one attached hydrogen (secondary N) is 2. The summed E-state index contributed by atoms with van der Waals surface area (Å²) in [6.45, 7) is 2.73. The van der Waals surface area contributed by atoms with Crippen LogP contribution in [0, 0.1) is 0 Å². The van der Waals surface area contributed by atoms with Gasteiger partial charge in [-0.2, -0.15) is 0 Å². The molecule has 1 aromatic heterocycles. The topological polar surface area (TPSA) is 91.2 Å². The highest BCUT2D eigenvalue weighted by Crippen LogP contribution is 2.23. The average molecular weight is 272 g/mol. The van der Waals surface area contributed by atoms with Gasteiger partial charge in [-0.05, 0) is 25.1 Å². The Bertz CT molecular complexity index is 692. The molecule has 6 nitrogen and oxygen atoms in total. The molecule has 1 fully saturated rings. The first-order valence-corrected chi connectivity index (χ1v) is 6.53. The maximum atomic E-state index is 12.6. The minimum Gasteiger partial charge on any atom is -0.399 e. The minimum atomic E-state index is -0.456. The number of aromatic nitrogens is 1. The number of nitrogen functional groups attached to an aromatic ring is 1. The van der Waals surface area contributed by atoms with Crippen molar-refractivity contribution in [3.05, 3.63) is 30.0 Å². The monoisotopic (exact) mass is 272 g/mol. The lowest BCUT2D eigenvalue weighted by atomic mass is 10.1. The van der Waals surface area contributed by atoms with Gasteiger partial charge in [-0.25, -0.2) is 0 Å². The number of H-pyrrole nitrogens is 1. The molecule has 1 saturated heterocycles. The average Bonchev–Trinajstić information content (AvgIpc) is 2.84. The molecule has 2 heterocycles. The van der Waals surface area contributed by atoms with E-state index in [0.29, 0.717) is 24.3 Å². The van der Waals surface area contributed by atoms with E-state index in [2.05, 4.69) is 10.3 Å². The molecule has 6 heteroatoms. The Hall–Kier alpha value is -2.50. The van der Waals surface area contributed by atoms with Gasteiger partial charge in [0.25, 0.3) is 5.91 Å². The van der Waals surface area contributed by atoms with Crippen LogP contribution < -0.4 is 11.1 Å². The summed E-state index contributed by atoms with van der Waals surface area (Å²) in [6.07, 6.45) is 1.67. The van der Waals surface area contributed by atoms with Crippen molar-refractivity contribution >= 4 is 28.4 Å². The summed E-state index contributed by atoms with van der Waals surface area (Å²) in [7, 11) is 0. The molecule has 1 aliphatic heterocycles. The van der Waals surface area contributed by atoms with Crippen molar-refractivity contribution in [3.63, 3.8) is 0 Å². The molecule has 20 heavy (non-hydrogen) atoms. The van der Waals surface area contributed by atoms with Crippen LogP contribution in [0.3, 0.4) is 0 Å². The van der Waals surface area contributed by atoms with E-state index < -0.39 is 6.04 Å². The Morgan fingerprint density at radius 2 is 2.25 bits per heavy atom. The molecule has 0 radical (unpaired) electrons. The zero-order valence-electron chi connectivity index (χ0n) is 11.1. The zero-order chi connectivity index (χ0) is 14.3. The lowest BCUT2D eigenvalue weighted by Gasteiger charge is -2.32. The second kappa shape index (κ2) is 4.56. The smallest absolute Gasteiger partial charge is 0.256 e. The predicted molar refractivity (Wildman–Crippen MR) is 76.2 cm³/mol. The number of benzene rings is 1. The number of hydrogen-bond acceptors (Lipinski definition) is 3. The molecule has 0 spiro atoms. The molecule has 0 saturated carbocycles. The fourth-order valence-electron chi connectivity index (χ4n) is 2.53. The summed E-state index contributed by atoms with van der Waals surface area (Å²) < 4.78 is 0. The molecule has 4 N–H and O–H groups in total.